The molecule has 1 aromatic carbocycles. The maximum absolute atomic E-state index is 14.2. The Balaban J connectivity index is 1.52. The summed E-state index contributed by atoms with van der Waals surface area (Å²) in [5, 5.41) is 13.8. The molecular weight excluding hydrogens is 471 g/mol. The van der Waals surface area contributed by atoms with Gasteiger partial charge in [-0.15, -0.1) is 0 Å². The molecule has 0 unspecified atom stereocenters. The van der Waals surface area contributed by atoms with Crippen molar-refractivity contribution in [1.82, 2.24) is 25.1 Å². The lowest BCUT2D eigenvalue weighted by atomic mass is 10.1. The van der Waals surface area contributed by atoms with Crippen LogP contribution in [0.2, 0.25) is 0 Å². The Kier molecular flexibility index (Phi) is 5.75. The molecule has 1 saturated heterocycles. The summed E-state index contributed by atoms with van der Waals surface area (Å²) < 4.78 is 38.8. The molecular formula is C23H25FN8O2S. The van der Waals surface area contributed by atoms with Gasteiger partial charge in [-0.2, -0.15) is 10.1 Å². The molecule has 5 rings (SSSR count). The third kappa shape index (κ3) is 4.48. The van der Waals surface area contributed by atoms with Gasteiger partial charge in [0, 0.05) is 49.4 Å². The number of halogens is 1. The first-order valence-electron chi connectivity index (χ1n) is 11.2. The first kappa shape index (κ1) is 23.0. The highest BCUT2D eigenvalue weighted by Crippen LogP contribution is 2.33. The molecule has 182 valence electrons. The Morgan fingerprint density at radius 1 is 1.11 bits per heavy atom. The molecule has 4 aromatic rings. The van der Waals surface area contributed by atoms with Crippen molar-refractivity contribution in [2.24, 2.45) is 0 Å². The zero-order valence-corrected chi connectivity index (χ0v) is 20.4. The standard InChI is InChI=1S/C23H25FN8O2S/c1-13-19(24)11-17-20(30-31-22(17)27-13)18-12-26-23(29-21(18)25-2)28-14-8-15(32-6-4-5-7-32)10-16(9-14)35(3,33)34/h8-12H,4-7H2,1-3H3,(H,27,30,31)(H2,25,26,28,29). The monoisotopic (exact) mass is 496 g/mol. The maximum atomic E-state index is 14.2. The highest BCUT2D eigenvalue weighted by atomic mass is 32.2. The smallest absolute Gasteiger partial charge is 0.229 e. The highest BCUT2D eigenvalue weighted by molar-refractivity contribution is 7.90. The minimum Gasteiger partial charge on any atom is -0.372 e. The largest absolute Gasteiger partial charge is 0.372 e. The molecule has 1 aliphatic heterocycles. The van der Waals surface area contributed by atoms with Crippen molar-refractivity contribution in [2.45, 2.75) is 24.7 Å². The molecule has 10 nitrogen and oxygen atoms in total. The lowest BCUT2D eigenvalue weighted by molar-refractivity contribution is 0.602. The molecule has 0 atom stereocenters. The predicted octanol–water partition coefficient (Wildman–Crippen LogP) is 3.65. The van der Waals surface area contributed by atoms with Crippen LogP contribution in [0, 0.1) is 12.7 Å². The number of hydrogen-bond acceptors (Lipinski definition) is 9. The van der Waals surface area contributed by atoms with Gasteiger partial charge in [0.25, 0.3) is 0 Å². The lowest BCUT2D eigenvalue weighted by Gasteiger charge is -2.20. The summed E-state index contributed by atoms with van der Waals surface area (Å²) in [5.74, 6) is 0.332. The second-order valence-electron chi connectivity index (χ2n) is 8.54. The van der Waals surface area contributed by atoms with Crippen LogP contribution in [0.25, 0.3) is 22.3 Å². The predicted molar refractivity (Wildman–Crippen MR) is 133 cm³/mol. The molecule has 0 bridgehead atoms. The first-order chi connectivity index (χ1) is 16.7. The van der Waals surface area contributed by atoms with E-state index in [4.69, 9.17) is 0 Å². The van der Waals surface area contributed by atoms with Crippen LogP contribution < -0.4 is 15.5 Å². The number of aromatic nitrogens is 5. The van der Waals surface area contributed by atoms with Crippen molar-refractivity contribution in [2.75, 3.05) is 41.9 Å². The van der Waals surface area contributed by atoms with E-state index in [1.165, 1.54) is 12.3 Å². The normalized spacial score (nSPS) is 14.0. The van der Waals surface area contributed by atoms with Gasteiger partial charge in [-0.1, -0.05) is 0 Å². The van der Waals surface area contributed by atoms with Crippen LogP contribution in [0.5, 0.6) is 0 Å². The third-order valence-electron chi connectivity index (χ3n) is 6.02. The second-order valence-corrected chi connectivity index (χ2v) is 10.6. The Hall–Kier alpha value is -3.80. The zero-order valence-electron chi connectivity index (χ0n) is 19.6. The number of sulfone groups is 1. The molecule has 12 heteroatoms. The molecule has 0 aliphatic carbocycles. The van der Waals surface area contributed by atoms with Crippen molar-refractivity contribution in [3.05, 3.63) is 42.0 Å². The fourth-order valence-corrected chi connectivity index (χ4v) is 4.86. The van der Waals surface area contributed by atoms with Gasteiger partial charge in [-0.05, 0) is 44.0 Å². The van der Waals surface area contributed by atoms with Crippen LogP contribution in [0.3, 0.4) is 0 Å². The molecule has 0 amide bonds. The van der Waals surface area contributed by atoms with Crippen molar-refractivity contribution in [3.8, 4) is 11.3 Å². The van der Waals surface area contributed by atoms with Gasteiger partial charge < -0.3 is 15.5 Å². The maximum Gasteiger partial charge on any atom is 0.229 e. The van der Waals surface area contributed by atoms with Gasteiger partial charge in [0.1, 0.15) is 11.6 Å². The minimum atomic E-state index is -3.41. The number of aryl methyl sites for hydroxylation is 1. The average Bonchev–Trinajstić information content (AvgIpc) is 3.49. The summed E-state index contributed by atoms with van der Waals surface area (Å²) in [5.41, 5.74) is 3.21. The summed E-state index contributed by atoms with van der Waals surface area (Å²) >= 11 is 0. The average molecular weight is 497 g/mol. The van der Waals surface area contributed by atoms with Crippen molar-refractivity contribution in [3.63, 3.8) is 0 Å². The van der Waals surface area contributed by atoms with E-state index in [0.717, 1.165) is 31.6 Å². The van der Waals surface area contributed by atoms with Crippen LogP contribution >= 0.6 is 0 Å². The number of fused-ring (bicyclic) bond motifs is 1. The van der Waals surface area contributed by atoms with Gasteiger partial charge in [-0.3, -0.25) is 5.10 Å². The third-order valence-corrected chi connectivity index (χ3v) is 7.11. The Bertz CT molecular complexity index is 1530. The van der Waals surface area contributed by atoms with E-state index in [1.54, 1.807) is 32.3 Å². The zero-order chi connectivity index (χ0) is 24.7. The molecule has 1 fully saturated rings. The van der Waals surface area contributed by atoms with Crippen LogP contribution in [-0.4, -0.2) is 60.0 Å². The number of nitrogens with zero attached hydrogens (tertiary/aromatic N) is 5. The number of H-pyrrole nitrogens is 1. The van der Waals surface area contributed by atoms with E-state index < -0.39 is 15.7 Å². The Morgan fingerprint density at radius 3 is 2.60 bits per heavy atom. The van der Waals surface area contributed by atoms with Crippen molar-refractivity contribution < 1.29 is 12.8 Å². The van der Waals surface area contributed by atoms with Gasteiger partial charge in [0.2, 0.25) is 5.95 Å². The van der Waals surface area contributed by atoms with Crippen LogP contribution in [-0.2, 0) is 9.84 Å². The summed E-state index contributed by atoms with van der Waals surface area (Å²) in [6, 6.07) is 6.56. The molecule has 1 aliphatic rings. The number of benzene rings is 1. The van der Waals surface area contributed by atoms with E-state index >= 15 is 0 Å². The van der Waals surface area contributed by atoms with E-state index in [9.17, 15) is 12.8 Å². The van der Waals surface area contributed by atoms with E-state index in [0.29, 0.717) is 33.8 Å². The Morgan fingerprint density at radius 2 is 1.89 bits per heavy atom. The van der Waals surface area contributed by atoms with E-state index in [-0.39, 0.29) is 16.5 Å². The molecule has 35 heavy (non-hydrogen) atoms. The van der Waals surface area contributed by atoms with Crippen LogP contribution in [0.1, 0.15) is 18.5 Å². The summed E-state index contributed by atoms with van der Waals surface area (Å²) in [6.07, 6.45) is 4.93. The Labute approximate surface area is 201 Å². The number of rotatable bonds is 6. The molecule has 3 N–H and O–H groups in total. The molecule has 0 spiro atoms. The molecule has 4 heterocycles. The quantitative estimate of drug-likeness (QED) is 0.366. The summed E-state index contributed by atoms with van der Waals surface area (Å²) in [4.78, 5) is 15.5. The fourth-order valence-electron chi connectivity index (χ4n) is 4.18. The van der Waals surface area contributed by atoms with Gasteiger partial charge in [0.15, 0.2) is 15.5 Å². The van der Waals surface area contributed by atoms with Crippen LogP contribution in [0.4, 0.5) is 27.5 Å². The van der Waals surface area contributed by atoms with E-state index in [2.05, 4.69) is 40.7 Å². The molecule has 3 aromatic heterocycles. The number of pyridine rings is 1. The number of aromatic amines is 1. The van der Waals surface area contributed by atoms with Crippen LogP contribution in [0.15, 0.2) is 35.4 Å². The minimum absolute atomic E-state index is 0.226. The molecule has 0 saturated carbocycles. The number of hydrogen-bond donors (Lipinski definition) is 3. The summed E-state index contributed by atoms with van der Waals surface area (Å²) in [7, 11) is -1.70. The first-order valence-corrected chi connectivity index (χ1v) is 13.1. The van der Waals surface area contributed by atoms with Gasteiger partial charge in [0.05, 0.1) is 21.8 Å². The topological polar surface area (TPSA) is 129 Å². The highest BCUT2D eigenvalue weighted by Gasteiger charge is 2.19. The van der Waals surface area contributed by atoms with Gasteiger partial charge in [-0.25, -0.2) is 22.8 Å². The fraction of sp³-hybridized carbons (Fsp3) is 0.304. The lowest BCUT2D eigenvalue weighted by Crippen LogP contribution is -2.18. The summed E-state index contributed by atoms with van der Waals surface area (Å²) in [6.45, 7) is 3.35. The van der Waals surface area contributed by atoms with E-state index in [1.807, 2.05) is 6.07 Å². The SMILES string of the molecule is CNc1nc(Nc2cc(N3CCCC3)cc(S(C)(=O)=O)c2)ncc1-c1[nH]nc2nc(C)c(F)cc12. The van der Waals surface area contributed by atoms with Gasteiger partial charge >= 0.3 is 0 Å². The second kappa shape index (κ2) is 8.77. The van der Waals surface area contributed by atoms with Crippen molar-refractivity contribution >= 4 is 44.0 Å². The van der Waals surface area contributed by atoms with Crippen molar-refractivity contribution in [1.29, 1.82) is 0 Å². The molecule has 0 radical (unpaired) electrons. The number of anilines is 4. The number of nitrogens with one attached hydrogen (secondary N) is 3.